The van der Waals surface area contributed by atoms with E-state index in [4.69, 9.17) is 19.9 Å². The molecule has 0 spiro atoms. The molecule has 44 heavy (non-hydrogen) atoms. The van der Waals surface area contributed by atoms with Gasteiger partial charge in [0.1, 0.15) is 5.60 Å². The van der Waals surface area contributed by atoms with Crippen LogP contribution in [-0.2, 0) is 14.2 Å². The highest BCUT2D eigenvalue weighted by Gasteiger charge is 2.31. The lowest BCUT2D eigenvalue weighted by atomic mass is 9.83. The lowest BCUT2D eigenvalue weighted by molar-refractivity contribution is 0.0405. The van der Waals surface area contributed by atoms with Gasteiger partial charge in [-0.3, -0.25) is 0 Å². The number of halogens is 1. The fourth-order valence-corrected chi connectivity index (χ4v) is 7.68. The van der Waals surface area contributed by atoms with Crippen molar-refractivity contribution in [1.82, 2.24) is 15.1 Å². The van der Waals surface area contributed by atoms with Crippen LogP contribution < -0.4 is 11.1 Å². The first-order chi connectivity index (χ1) is 20.7. The van der Waals surface area contributed by atoms with E-state index in [0.29, 0.717) is 17.9 Å². The first-order valence-electron chi connectivity index (χ1n) is 18.0. The van der Waals surface area contributed by atoms with Crippen molar-refractivity contribution in [2.24, 2.45) is 29.4 Å². The van der Waals surface area contributed by atoms with Crippen LogP contribution in [0.5, 0.6) is 0 Å². The fraction of sp³-hybridized carbons (Fsp3) is 0.971. The SMILES string of the molecule is CCOCC1CCCN(C[C@@H]2CCCC[C@H]2N)C1.CCOCC1CCCN(C[C@@H]2CCCC[C@H]2NC(=O)OC(C)(C)C)C1.Cl. The average molecular weight is 645 g/mol. The Morgan fingerprint density at radius 3 is 1.77 bits per heavy atom. The Morgan fingerprint density at radius 1 is 0.750 bits per heavy atom. The first-order valence-corrected chi connectivity index (χ1v) is 18.0. The molecule has 8 nitrogen and oxygen atoms in total. The number of piperidine rings is 2. The van der Waals surface area contributed by atoms with E-state index in [2.05, 4.69) is 29.0 Å². The van der Waals surface area contributed by atoms with Crippen LogP contribution in [0.25, 0.3) is 0 Å². The molecule has 2 saturated heterocycles. The van der Waals surface area contributed by atoms with Crippen LogP contribution in [-0.4, -0.2) is 99.3 Å². The van der Waals surface area contributed by atoms with Crippen LogP contribution in [0.2, 0.25) is 0 Å². The van der Waals surface area contributed by atoms with Crippen LogP contribution in [0, 0.1) is 23.7 Å². The van der Waals surface area contributed by atoms with Gasteiger partial charge in [-0.25, -0.2) is 4.79 Å². The normalized spacial score (nSPS) is 30.4. The number of rotatable bonds is 11. The van der Waals surface area contributed by atoms with Crippen molar-refractivity contribution in [3.05, 3.63) is 0 Å². The molecule has 3 N–H and O–H groups in total. The summed E-state index contributed by atoms with van der Waals surface area (Å²) in [6, 6.07) is 0.696. The summed E-state index contributed by atoms with van der Waals surface area (Å²) in [7, 11) is 0. The van der Waals surface area contributed by atoms with Crippen LogP contribution >= 0.6 is 12.4 Å². The van der Waals surface area contributed by atoms with E-state index in [1.807, 2.05) is 20.8 Å². The first kappa shape index (κ1) is 39.5. The third-order valence-electron chi connectivity index (χ3n) is 9.89. The zero-order valence-electron chi connectivity index (χ0n) is 29.0. The van der Waals surface area contributed by atoms with Gasteiger partial charge in [0.15, 0.2) is 0 Å². The highest BCUT2D eigenvalue weighted by atomic mass is 35.5. The average Bonchev–Trinajstić information content (AvgIpc) is 2.97. The van der Waals surface area contributed by atoms with Crippen LogP contribution in [0.15, 0.2) is 0 Å². The van der Waals surface area contributed by atoms with Gasteiger partial charge in [-0.15, -0.1) is 12.4 Å². The minimum Gasteiger partial charge on any atom is -0.444 e. The topological polar surface area (TPSA) is 89.3 Å². The predicted octanol–water partition coefficient (Wildman–Crippen LogP) is 6.49. The van der Waals surface area contributed by atoms with Crippen molar-refractivity contribution < 1.29 is 19.0 Å². The number of carbonyl (C=O) groups excluding carboxylic acids is 1. The van der Waals surface area contributed by atoms with Gasteiger partial charge in [0.2, 0.25) is 0 Å². The molecule has 1 amide bonds. The van der Waals surface area contributed by atoms with Crippen molar-refractivity contribution in [3.63, 3.8) is 0 Å². The summed E-state index contributed by atoms with van der Waals surface area (Å²) < 4.78 is 16.7. The Hall–Kier alpha value is -0.640. The number of carbonyl (C=O) groups is 1. The fourth-order valence-electron chi connectivity index (χ4n) is 7.68. The molecule has 2 aliphatic heterocycles. The number of alkyl carbamates (subject to hydrolysis) is 1. The highest BCUT2D eigenvalue weighted by Crippen LogP contribution is 2.28. The lowest BCUT2D eigenvalue weighted by Gasteiger charge is -2.39. The van der Waals surface area contributed by atoms with Gasteiger partial charge < -0.3 is 35.1 Å². The van der Waals surface area contributed by atoms with Crippen LogP contribution in [0.1, 0.15) is 112 Å². The Labute approximate surface area is 276 Å². The molecule has 4 fully saturated rings. The molecular weight excluding hydrogens is 576 g/mol. The number of likely N-dealkylation sites (tertiary alicyclic amines) is 2. The summed E-state index contributed by atoms with van der Waals surface area (Å²) in [4.78, 5) is 17.4. The summed E-state index contributed by atoms with van der Waals surface area (Å²) >= 11 is 0. The number of hydrogen-bond acceptors (Lipinski definition) is 7. The van der Waals surface area contributed by atoms with E-state index in [9.17, 15) is 4.79 Å². The summed E-state index contributed by atoms with van der Waals surface area (Å²) in [5.74, 6) is 2.68. The molecule has 6 atom stereocenters. The molecule has 0 aromatic carbocycles. The second-order valence-electron chi connectivity index (χ2n) is 14.9. The second kappa shape index (κ2) is 21.3. The molecule has 2 unspecified atom stereocenters. The van der Waals surface area contributed by atoms with Crippen molar-refractivity contribution in [2.45, 2.75) is 129 Å². The maximum atomic E-state index is 12.2. The quantitative estimate of drug-likeness (QED) is 0.266. The van der Waals surface area contributed by atoms with Crippen molar-refractivity contribution in [2.75, 3.05) is 65.7 Å². The number of ether oxygens (including phenoxy) is 3. The van der Waals surface area contributed by atoms with Crippen LogP contribution in [0.3, 0.4) is 0 Å². The van der Waals surface area contributed by atoms with E-state index in [-0.39, 0.29) is 24.5 Å². The van der Waals surface area contributed by atoms with Gasteiger partial charge >= 0.3 is 6.09 Å². The van der Waals surface area contributed by atoms with Crippen molar-refractivity contribution in [3.8, 4) is 0 Å². The third-order valence-corrected chi connectivity index (χ3v) is 9.89. The van der Waals surface area contributed by atoms with E-state index in [1.54, 1.807) is 0 Å². The minimum atomic E-state index is -0.437. The zero-order chi connectivity index (χ0) is 31.1. The van der Waals surface area contributed by atoms with Gasteiger partial charge in [0.05, 0.1) is 13.2 Å². The molecule has 2 aliphatic carbocycles. The van der Waals surface area contributed by atoms with Gasteiger partial charge in [-0.05, 0) is 123 Å². The minimum absolute atomic E-state index is 0. The number of nitrogens with zero attached hydrogens (tertiary/aromatic N) is 2. The molecule has 9 heteroatoms. The molecule has 0 aromatic rings. The molecule has 4 aliphatic rings. The smallest absolute Gasteiger partial charge is 0.407 e. The molecular formula is C35H69ClN4O4. The Bertz CT molecular complexity index is 770. The Kier molecular flexibility index (Phi) is 19.1. The second-order valence-corrected chi connectivity index (χ2v) is 14.9. The number of nitrogens with one attached hydrogen (secondary N) is 1. The zero-order valence-corrected chi connectivity index (χ0v) is 29.8. The van der Waals surface area contributed by atoms with Gasteiger partial charge in [0, 0.05) is 51.5 Å². The monoisotopic (exact) mass is 645 g/mol. The Balaban J connectivity index is 0.000000315. The van der Waals surface area contributed by atoms with E-state index < -0.39 is 5.60 Å². The number of nitrogens with two attached hydrogens (primary N) is 1. The summed E-state index contributed by atoms with van der Waals surface area (Å²) in [6.45, 7) is 20.5. The van der Waals surface area contributed by atoms with E-state index in [1.165, 1.54) is 96.8 Å². The maximum Gasteiger partial charge on any atom is 0.407 e. The predicted molar refractivity (Wildman–Crippen MR) is 184 cm³/mol. The van der Waals surface area contributed by atoms with Gasteiger partial charge in [-0.1, -0.05) is 25.7 Å². The molecule has 260 valence electrons. The molecule has 0 bridgehead atoms. The molecule has 4 rings (SSSR count). The molecule has 2 saturated carbocycles. The number of hydrogen-bond donors (Lipinski definition) is 2. The van der Waals surface area contributed by atoms with Gasteiger partial charge in [0.25, 0.3) is 0 Å². The Morgan fingerprint density at radius 2 is 1.25 bits per heavy atom. The van der Waals surface area contributed by atoms with Crippen molar-refractivity contribution in [1.29, 1.82) is 0 Å². The lowest BCUT2D eigenvalue weighted by Crippen LogP contribution is -2.49. The van der Waals surface area contributed by atoms with Crippen LogP contribution in [0.4, 0.5) is 4.79 Å². The largest absolute Gasteiger partial charge is 0.444 e. The van der Waals surface area contributed by atoms with E-state index in [0.717, 1.165) is 57.8 Å². The molecule has 0 radical (unpaired) electrons. The van der Waals surface area contributed by atoms with Crippen molar-refractivity contribution >= 4 is 18.5 Å². The molecule has 0 aromatic heterocycles. The summed E-state index contributed by atoms with van der Waals surface area (Å²) in [5.41, 5.74) is 5.82. The standard InChI is InChI=1S/C20H38N2O3.C15H30N2O.ClH/c1-5-24-15-16-9-8-12-22(13-16)14-17-10-6-7-11-18(17)21-19(23)25-20(2,3)4;1-2-18-12-13-6-5-9-17(10-13)11-14-7-3-4-8-15(14)16;/h16-18H,5-15H2,1-4H3,(H,21,23);13-15H,2-12,16H2,1H3;1H/t16?,17-,18+;13?,14-,15+;/m00./s1. The number of amides is 1. The summed E-state index contributed by atoms with van der Waals surface area (Å²) in [5, 5.41) is 3.15. The van der Waals surface area contributed by atoms with Gasteiger partial charge in [-0.2, -0.15) is 0 Å². The molecule has 2 heterocycles. The van der Waals surface area contributed by atoms with E-state index >= 15 is 0 Å². The highest BCUT2D eigenvalue weighted by molar-refractivity contribution is 5.85. The maximum absolute atomic E-state index is 12.2. The third kappa shape index (κ3) is 15.3. The summed E-state index contributed by atoms with van der Waals surface area (Å²) in [6.07, 6.45) is 15.0.